The van der Waals surface area contributed by atoms with Crippen LogP contribution in [0.2, 0.25) is 0 Å². The minimum Gasteiger partial charge on any atom is -0.391 e. The predicted molar refractivity (Wildman–Crippen MR) is 87.0 cm³/mol. The number of anilines is 1. The highest BCUT2D eigenvalue weighted by Gasteiger charge is 2.15. The van der Waals surface area contributed by atoms with Gasteiger partial charge in [-0.25, -0.2) is 4.39 Å². The fourth-order valence-corrected chi connectivity index (χ4v) is 2.86. The number of aliphatic hydroxyl groups is 1. The van der Waals surface area contributed by atoms with E-state index in [0.29, 0.717) is 22.2 Å². The summed E-state index contributed by atoms with van der Waals surface area (Å²) in [6, 6.07) is 4.70. The van der Waals surface area contributed by atoms with Crippen LogP contribution in [-0.2, 0) is 0 Å². The topological polar surface area (TPSA) is 58.0 Å². The molecule has 2 N–H and O–H groups in total. The van der Waals surface area contributed by atoms with Gasteiger partial charge in [-0.05, 0) is 24.1 Å². The molecule has 114 valence electrons. The minimum absolute atomic E-state index is 0.215. The number of nitrogens with one attached hydrogen (secondary N) is 1. The van der Waals surface area contributed by atoms with Gasteiger partial charge in [0.1, 0.15) is 5.82 Å². The maximum absolute atomic E-state index is 13.8. The second kappa shape index (κ2) is 7.29. The lowest BCUT2D eigenvalue weighted by atomic mass is 10.0. The van der Waals surface area contributed by atoms with Crippen molar-refractivity contribution in [3.63, 3.8) is 0 Å². The zero-order chi connectivity index (χ0) is 15.4. The second-order valence-electron chi connectivity index (χ2n) is 4.87. The second-order valence-corrected chi connectivity index (χ2v) is 6.76. The molecule has 0 aliphatic carbocycles. The molecule has 1 heterocycles. The molecule has 2 rings (SSSR count). The van der Waals surface area contributed by atoms with Crippen LogP contribution in [0, 0.1) is 11.7 Å². The van der Waals surface area contributed by atoms with Crippen molar-refractivity contribution in [1.29, 1.82) is 0 Å². The van der Waals surface area contributed by atoms with Crippen molar-refractivity contribution in [2.45, 2.75) is 26.4 Å². The highest BCUT2D eigenvalue weighted by atomic mass is 79.9. The number of hydrogen-bond acceptors (Lipinski definition) is 5. The van der Waals surface area contributed by atoms with E-state index < -0.39 is 6.10 Å². The summed E-state index contributed by atoms with van der Waals surface area (Å²) in [5, 5.41) is 22.0. The van der Waals surface area contributed by atoms with E-state index in [1.807, 2.05) is 13.8 Å². The lowest BCUT2D eigenvalue weighted by Crippen LogP contribution is -2.26. The molecule has 0 fully saturated rings. The van der Waals surface area contributed by atoms with Gasteiger partial charge in [-0.2, -0.15) is 0 Å². The molecule has 0 aliphatic rings. The Bertz CT molecular complexity index is 608. The van der Waals surface area contributed by atoms with E-state index >= 15 is 0 Å². The third-order valence-corrected chi connectivity index (χ3v) is 4.75. The van der Waals surface area contributed by atoms with Crippen molar-refractivity contribution in [3.05, 3.63) is 28.5 Å². The van der Waals surface area contributed by atoms with Crippen LogP contribution in [0.25, 0.3) is 10.6 Å². The molecule has 4 nitrogen and oxygen atoms in total. The normalized spacial score (nSPS) is 14.0. The fourth-order valence-electron chi connectivity index (χ4n) is 1.73. The molecular weight excluding hydrogens is 357 g/mol. The Hall–Kier alpha value is -1.05. The lowest BCUT2D eigenvalue weighted by Gasteiger charge is -2.16. The third kappa shape index (κ3) is 4.21. The van der Waals surface area contributed by atoms with Crippen molar-refractivity contribution in [1.82, 2.24) is 10.2 Å². The summed E-state index contributed by atoms with van der Waals surface area (Å²) in [5.74, 6) is -0.118. The first-order valence-corrected chi connectivity index (χ1v) is 8.33. The van der Waals surface area contributed by atoms with Crippen LogP contribution in [0.3, 0.4) is 0 Å². The predicted octanol–water partition coefficient (Wildman–Crippen LogP) is 3.93. The van der Waals surface area contributed by atoms with Gasteiger partial charge in [0.15, 0.2) is 5.01 Å². The number of aromatic nitrogens is 2. The Kier molecular flexibility index (Phi) is 5.66. The maximum Gasteiger partial charge on any atom is 0.206 e. The molecule has 7 heteroatoms. The molecule has 0 amide bonds. The summed E-state index contributed by atoms with van der Waals surface area (Å²) >= 11 is 4.58. The average molecular weight is 374 g/mol. The summed E-state index contributed by atoms with van der Waals surface area (Å²) < 4.78 is 14.6. The molecule has 0 saturated heterocycles. The summed E-state index contributed by atoms with van der Waals surface area (Å²) in [7, 11) is 0. The van der Waals surface area contributed by atoms with Crippen molar-refractivity contribution in [3.8, 4) is 10.6 Å². The van der Waals surface area contributed by atoms with E-state index in [1.165, 1.54) is 17.4 Å². The van der Waals surface area contributed by atoms with Gasteiger partial charge in [-0.3, -0.25) is 0 Å². The van der Waals surface area contributed by atoms with E-state index in [9.17, 15) is 9.50 Å². The lowest BCUT2D eigenvalue weighted by molar-refractivity contribution is 0.126. The van der Waals surface area contributed by atoms with Crippen molar-refractivity contribution in [2.24, 2.45) is 5.92 Å². The van der Waals surface area contributed by atoms with Gasteiger partial charge in [0, 0.05) is 16.6 Å². The molecular formula is C14H17BrFN3OS. The molecule has 0 spiro atoms. The molecule has 2 aromatic rings. The zero-order valence-electron chi connectivity index (χ0n) is 11.8. The molecule has 2 atom stereocenters. The molecule has 1 aromatic carbocycles. The highest BCUT2D eigenvalue weighted by Crippen LogP contribution is 2.30. The Labute approximate surface area is 135 Å². The minimum atomic E-state index is -0.440. The quantitative estimate of drug-likeness (QED) is 0.805. The van der Waals surface area contributed by atoms with Gasteiger partial charge in [0.2, 0.25) is 5.13 Å². The molecule has 0 saturated carbocycles. The Morgan fingerprint density at radius 1 is 1.43 bits per heavy atom. The van der Waals surface area contributed by atoms with Gasteiger partial charge in [-0.1, -0.05) is 47.5 Å². The van der Waals surface area contributed by atoms with Gasteiger partial charge in [-0.15, -0.1) is 10.2 Å². The van der Waals surface area contributed by atoms with Gasteiger partial charge < -0.3 is 10.4 Å². The largest absolute Gasteiger partial charge is 0.391 e. The number of halogens is 2. The number of benzene rings is 1. The third-order valence-electron chi connectivity index (χ3n) is 3.35. The van der Waals surface area contributed by atoms with Crippen LogP contribution in [0.1, 0.15) is 20.3 Å². The van der Waals surface area contributed by atoms with Crippen molar-refractivity contribution >= 4 is 32.4 Å². The first kappa shape index (κ1) is 16.3. The maximum atomic E-state index is 13.8. The Balaban J connectivity index is 2.06. The Morgan fingerprint density at radius 2 is 2.19 bits per heavy atom. The van der Waals surface area contributed by atoms with E-state index in [0.717, 1.165) is 10.9 Å². The molecule has 2 unspecified atom stereocenters. The van der Waals surface area contributed by atoms with Crippen LogP contribution in [-0.4, -0.2) is 28.0 Å². The number of hydrogen-bond donors (Lipinski definition) is 2. The van der Waals surface area contributed by atoms with Crippen LogP contribution in [0.5, 0.6) is 0 Å². The standard InChI is InChI=1S/C14H17BrFN3OS/c1-3-8(2)12(20)7-17-14-19-18-13(21-14)10-6-9(15)4-5-11(10)16/h4-6,8,12,20H,3,7H2,1-2H3,(H,17,19). The van der Waals surface area contributed by atoms with Crippen molar-refractivity contribution < 1.29 is 9.50 Å². The van der Waals surface area contributed by atoms with Crippen LogP contribution in [0.15, 0.2) is 22.7 Å². The van der Waals surface area contributed by atoms with E-state index in [4.69, 9.17) is 0 Å². The SMILES string of the molecule is CCC(C)C(O)CNc1nnc(-c2cc(Br)ccc2F)s1. The van der Waals surface area contributed by atoms with E-state index in [-0.39, 0.29) is 11.7 Å². The number of nitrogens with zero attached hydrogens (tertiary/aromatic N) is 2. The van der Waals surface area contributed by atoms with Gasteiger partial charge in [0.25, 0.3) is 0 Å². The van der Waals surface area contributed by atoms with Crippen LogP contribution in [0.4, 0.5) is 9.52 Å². The molecule has 1 aromatic heterocycles. The number of aliphatic hydroxyl groups excluding tert-OH is 1. The zero-order valence-corrected chi connectivity index (χ0v) is 14.2. The van der Waals surface area contributed by atoms with Gasteiger partial charge in [0.05, 0.1) is 6.10 Å². The average Bonchev–Trinajstić information content (AvgIpc) is 2.95. The highest BCUT2D eigenvalue weighted by molar-refractivity contribution is 9.10. The smallest absolute Gasteiger partial charge is 0.206 e. The summed E-state index contributed by atoms with van der Waals surface area (Å²) in [6.07, 6.45) is 0.470. The van der Waals surface area contributed by atoms with Crippen molar-refractivity contribution in [2.75, 3.05) is 11.9 Å². The first-order valence-electron chi connectivity index (χ1n) is 6.72. The van der Waals surface area contributed by atoms with Gasteiger partial charge >= 0.3 is 0 Å². The molecule has 0 bridgehead atoms. The van der Waals surface area contributed by atoms with Crippen LogP contribution >= 0.6 is 27.3 Å². The summed E-state index contributed by atoms with van der Waals surface area (Å²) in [4.78, 5) is 0. The summed E-state index contributed by atoms with van der Waals surface area (Å²) in [6.45, 7) is 4.44. The molecule has 0 radical (unpaired) electrons. The first-order chi connectivity index (χ1) is 10.0. The fraction of sp³-hybridized carbons (Fsp3) is 0.429. The Morgan fingerprint density at radius 3 is 2.90 bits per heavy atom. The number of rotatable bonds is 6. The monoisotopic (exact) mass is 373 g/mol. The molecule has 21 heavy (non-hydrogen) atoms. The summed E-state index contributed by atoms with van der Waals surface area (Å²) in [5.41, 5.74) is 0.414. The van der Waals surface area contributed by atoms with E-state index in [1.54, 1.807) is 12.1 Å². The van der Waals surface area contributed by atoms with Crippen LogP contribution < -0.4 is 5.32 Å². The molecule has 0 aliphatic heterocycles. The van der Waals surface area contributed by atoms with E-state index in [2.05, 4.69) is 31.4 Å².